The van der Waals surface area contributed by atoms with Gasteiger partial charge in [-0.2, -0.15) is 25.3 Å². The second-order valence-corrected chi connectivity index (χ2v) is 15.7. The Morgan fingerprint density at radius 1 is 0.587 bits per heavy atom. The van der Waals surface area contributed by atoms with E-state index >= 15 is 0 Å². The van der Waals surface area contributed by atoms with E-state index < -0.39 is 83.2 Å². The second kappa shape index (κ2) is 27.1. The topological polar surface area (TPSA) is 367 Å². The first kappa shape index (κ1) is 53.1. The number of aliphatic carboxylic acids is 1. The van der Waals surface area contributed by atoms with Crippen molar-refractivity contribution in [2.75, 3.05) is 24.6 Å². The number of nitrogens with one attached hydrogen (secondary N) is 6. The average Bonchev–Trinajstić information content (AvgIpc) is 3.23. The molecule has 346 valence electrons. The van der Waals surface area contributed by atoms with Crippen LogP contribution in [0.4, 0.5) is 0 Å². The van der Waals surface area contributed by atoms with Gasteiger partial charge in [0.15, 0.2) is 11.9 Å². The molecule has 0 aromatic heterocycles. The fourth-order valence-electron chi connectivity index (χ4n) is 5.82. The Balaban J connectivity index is 2.51. The number of nitrogens with zero attached hydrogens (tertiary/aromatic N) is 2. The molecule has 0 aliphatic heterocycles. The molecule has 0 saturated carbocycles. The first-order valence-corrected chi connectivity index (χ1v) is 21.3. The SMILES string of the molecule is CC(C)(NC(=O)[C@@H](N)CS)C(=O)N[C@@H](CCCN=C(N)N)C(=O)N[C@H](Cc1ccccc1)C(=O)N[C@@H](CCCN=C(N)N)C(=O)N[C@@H](Cc1ccccc1)C(=O)N[C@@H](CS)C(=O)O. The van der Waals surface area contributed by atoms with E-state index in [1.807, 2.05) is 0 Å². The first-order chi connectivity index (χ1) is 29.8. The van der Waals surface area contributed by atoms with Crippen LogP contribution in [0.25, 0.3) is 0 Å². The third-order valence-corrected chi connectivity index (χ3v) is 10.1. The van der Waals surface area contributed by atoms with Crippen LogP contribution in [0.5, 0.6) is 0 Å². The molecule has 17 N–H and O–H groups in total. The summed E-state index contributed by atoms with van der Waals surface area (Å²) in [6, 6.07) is 9.69. The monoisotopic (exact) mass is 915 g/mol. The molecule has 0 aliphatic carbocycles. The van der Waals surface area contributed by atoms with Crippen LogP contribution < -0.4 is 60.6 Å². The Morgan fingerprint density at radius 2 is 0.968 bits per heavy atom. The summed E-state index contributed by atoms with van der Waals surface area (Å²) in [5, 5.41) is 25.2. The quantitative estimate of drug-likeness (QED) is 0.0186. The average molecular weight is 916 g/mol. The van der Waals surface area contributed by atoms with E-state index in [1.165, 1.54) is 13.8 Å². The Bertz CT molecular complexity index is 1900. The van der Waals surface area contributed by atoms with Crippen LogP contribution >= 0.6 is 25.3 Å². The van der Waals surface area contributed by atoms with E-state index in [1.54, 1.807) is 60.7 Å². The summed E-state index contributed by atoms with van der Waals surface area (Å²) in [5.74, 6) is -6.55. The largest absolute Gasteiger partial charge is 0.480 e. The molecular weight excluding hydrogens is 855 g/mol. The first-order valence-electron chi connectivity index (χ1n) is 20.0. The minimum absolute atomic E-state index is 0.00907. The number of carbonyl (C=O) groups is 7. The number of aliphatic imine (C=N–C) groups is 2. The van der Waals surface area contributed by atoms with E-state index in [9.17, 15) is 38.7 Å². The maximum Gasteiger partial charge on any atom is 0.327 e. The molecule has 21 nitrogen and oxygen atoms in total. The number of hydrogen-bond donors (Lipinski definition) is 14. The van der Waals surface area contributed by atoms with Gasteiger partial charge in [0.05, 0.1) is 6.04 Å². The lowest BCUT2D eigenvalue weighted by molar-refractivity contribution is -0.141. The normalized spacial score (nSPS) is 13.9. The third kappa shape index (κ3) is 19.7. The molecule has 0 saturated heterocycles. The maximum absolute atomic E-state index is 14.3. The number of benzene rings is 2. The van der Waals surface area contributed by atoms with Crippen molar-refractivity contribution in [3.05, 3.63) is 71.8 Å². The molecule has 0 radical (unpaired) electrons. The highest BCUT2D eigenvalue weighted by Gasteiger charge is 2.36. The molecule has 0 spiro atoms. The fourth-order valence-corrected chi connectivity index (χ4v) is 6.23. The van der Waals surface area contributed by atoms with Crippen LogP contribution in [-0.4, -0.2) is 125 Å². The molecule has 0 aliphatic rings. The standard InChI is InChI=1S/C40H61N13O8S2/c1-40(2,53-31(54)25(41)21-62)37(61)52-27(16-10-18-47-39(44)45)33(56)50-28(19-23-11-5-3-6-12-23)34(57)48-26(15-9-17-46-38(42)43)32(55)49-29(20-24-13-7-4-8-14-24)35(58)51-30(22-63)36(59)60/h3-8,11-14,25-30,62-63H,9-10,15-22,41H2,1-2H3,(H,48,57)(H,49,55)(H,50,56)(H,51,58)(H,52,61)(H,53,54)(H,59,60)(H4,42,43,46)(H4,44,45,47)/t25-,26-,27-,28+,29-,30-/m0/s1. The minimum atomic E-state index is -1.55. The summed E-state index contributed by atoms with van der Waals surface area (Å²) in [7, 11) is 0. The van der Waals surface area contributed by atoms with Gasteiger partial charge in [0.2, 0.25) is 35.4 Å². The molecule has 23 heteroatoms. The summed E-state index contributed by atoms with van der Waals surface area (Å²) in [6.45, 7) is 3.00. The van der Waals surface area contributed by atoms with Crippen molar-refractivity contribution < 1.29 is 38.7 Å². The molecule has 2 aromatic carbocycles. The van der Waals surface area contributed by atoms with E-state index in [2.05, 4.69) is 67.1 Å². The number of carbonyl (C=O) groups excluding carboxylic acids is 6. The van der Waals surface area contributed by atoms with Crippen molar-refractivity contribution in [2.45, 2.75) is 94.2 Å². The Kier molecular flexibility index (Phi) is 22.8. The number of nitrogens with two attached hydrogens (primary N) is 5. The summed E-state index contributed by atoms with van der Waals surface area (Å²) in [5.41, 5.74) is 27.5. The number of guanidine groups is 2. The van der Waals surface area contributed by atoms with Gasteiger partial charge >= 0.3 is 5.97 Å². The number of rotatable bonds is 27. The smallest absolute Gasteiger partial charge is 0.327 e. The van der Waals surface area contributed by atoms with Crippen molar-refractivity contribution in [1.82, 2.24) is 31.9 Å². The van der Waals surface area contributed by atoms with Crippen LogP contribution in [0, 0.1) is 0 Å². The fraction of sp³-hybridized carbons (Fsp3) is 0.475. The van der Waals surface area contributed by atoms with Gasteiger partial charge in [-0.25, -0.2) is 4.79 Å². The highest BCUT2D eigenvalue weighted by Crippen LogP contribution is 2.11. The Hall–Kier alpha value is -6.07. The molecule has 0 fully saturated rings. The zero-order chi connectivity index (χ0) is 47.1. The zero-order valence-corrected chi connectivity index (χ0v) is 37.1. The number of amides is 6. The lowest BCUT2D eigenvalue weighted by Gasteiger charge is -2.30. The molecule has 2 aromatic rings. The van der Waals surface area contributed by atoms with Crippen LogP contribution in [0.15, 0.2) is 70.6 Å². The lowest BCUT2D eigenvalue weighted by atomic mass is 10.0. The second-order valence-electron chi connectivity index (χ2n) is 15.0. The molecule has 0 unspecified atom stereocenters. The van der Waals surface area contributed by atoms with Gasteiger partial charge < -0.3 is 65.7 Å². The molecule has 0 heterocycles. The van der Waals surface area contributed by atoms with Crippen molar-refractivity contribution in [3.8, 4) is 0 Å². The number of hydrogen-bond acceptors (Lipinski definition) is 12. The molecular formula is C40H61N13O8S2. The number of carboxylic acid groups (broad SMARTS) is 1. The molecule has 6 amide bonds. The van der Waals surface area contributed by atoms with Gasteiger partial charge in [-0.3, -0.25) is 38.8 Å². The van der Waals surface area contributed by atoms with Gasteiger partial charge in [-0.15, -0.1) is 0 Å². The van der Waals surface area contributed by atoms with Crippen LogP contribution in [0.1, 0.15) is 50.7 Å². The Morgan fingerprint density at radius 3 is 1.35 bits per heavy atom. The molecule has 2 rings (SSSR count). The van der Waals surface area contributed by atoms with Gasteiger partial charge in [-0.1, -0.05) is 60.7 Å². The molecule has 63 heavy (non-hydrogen) atoms. The van der Waals surface area contributed by atoms with Crippen molar-refractivity contribution in [2.24, 2.45) is 38.7 Å². The molecule has 6 atom stereocenters. The number of carboxylic acids is 1. The summed E-state index contributed by atoms with van der Waals surface area (Å²) >= 11 is 8.06. The predicted octanol–water partition coefficient (Wildman–Crippen LogP) is -2.83. The van der Waals surface area contributed by atoms with Crippen LogP contribution in [-0.2, 0) is 46.4 Å². The van der Waals surface area contributed by atoms with Crippen molar-refractivity contribution >= 4 is 78.6 Å². The summed E-state index contributed by atoms with van der Waals surface area (Å²) < 4.78 is 0. The third-order valence-electron chi connectivity index (χ3n) is 9.31. The van der Waals surface area contributed by atoms with Gasteiger partial charge in [0, 0.05) is 37.4 Å². The van der Waals surface area contributed by atoms with Crippen molar-refractivity contribution in [1.29, 1.82) is 0 Å². The highest BCUT2D eigenvalue weighted by molar-refractivity contribution is 7.80. The van der Waals surface area contributed by atoms with E-state index in [-0.39, 0.29) is 75.0 Å². The zero-order valence-electron chi connectivity index (χ0n) is 35.3. The Labute approximate surface area is 377 Å². The van der Waals surface area contributed by atoms with Gasteiger partial charge in [-0.05, 0) is 50.7 Å². The van der Waals surface area contributed by atoms with Crippen molar-refractivity contribution in [3.63, 3.8) is 0 Å². The van der Waals surface area contributed by atoms with E-state index in [4.69, 9.17) is 28.7 Å². The van der Waals surface area contributed by atoms with E-state index in [0.717, 1.165) is 0 Å². The van der Waals surface area contributed by atoms with E-state index in [0.29, 0.717) is 11.1 Å². The molecule has 0 bridgehead atoms. The number of thiol groups is 2. The predicted molar refractivity (Wildman–Crippen MR) is 245 cm³/mol. The minimum Gasteiger partial charge on any atom is -0.480 e. The maximum atomic E-state index is 14.3. The summed E-state index contributed by atoms with van der Waals surface area (Å²) in [6.07, 6.45) is 0.216. The van der Waals surface area contributed by atoms with Gasteiger partial charge in [0.25, 0.3) is 0 Å². The van der Waals surface area contributed by atoms with Crippen LogP contribution in [0.3, 0.4) is 0 Å². The van der Waals surface area contributed by atoms with Crippen LogP contribution in [0.2, 0.25) is 0 Å². The summed E-state index contributed by atoms with van der Waals surface area (Å²) in [4.78, 5) is 102. The lowest BCUT2D eigenvalue weighted by Crippen LogP contribution is -2.62. The van der Waals surface area contributed by atoms with Gasteiger partial charge in [0.1, 0.15) is 35.7 Å². The highest BCUT2D eigenvalue weighted by atomic mass is 32.1.